The molecule has 2 aromatic rings. The van der Waals surface area contributed by atoms with Crippen LogP contribution in [0.25, 0.3) is 0 Å². The predicted molar refractivity (Wildman–Crippen MR) is 178 cm³/mol. The molecule has 0 radical (unpaired) electrons. The van der Waals surface area contributed by atoms with Crippen LogP contribution in [0.4, 0.5) is 15.4 Å². The maximum absolute atomic E-state index is 11.9. The van der Waals surface area contributed by atoms with E-state index in [4.69, 9.17) is 54.8 Å². The maximum Gasteiger partial charge on any atom is 0.407 e. The maximum atomic E-state index is 11.9. The SMILES string of the molecule is CC(C)(C)OC(=O)NC1CCCN(c2cnc(C#N)c(Cl)n2)C1.CC(C)(C)OC(=O)NC1CCCNC1.N#Cc1ncc(Cl)nc1Cl. The number of nitrogens with zero attached hydrogens (tertiary/aromatic N) is 7. The Morgan fingerprint density at radius 3 is 1.89 bits per heavy atom. The topological polar surface area (TPSA) is 191 Å². The van der Waals surface area contributed by atoms with Gasteiger partial charge in [0.05, 0.1) is 12.4 Å². The van der Waals surface area contributed by atoms with Crippen molar-refractivity contribution in [2.75, 3.05) is 31.1 Å². The lowest BCUT2D eigenvalue weighted by atomic mass is 10.1. The lowest BCUT2D eigenvalue weighted by molar-refractivity contribution is 0.0486. The Balaban J connectivity index is 0.000000271. The first-order valence-corrected chi connectivity index (χ1v) is 16.1. The number of alkyl carbamates (subject to hydrolysis) is 2. The van der Waals surface area contributed by atoms with Crippen molar-refractivity contribution in [3.05, 3.63) is 39.2 Å². The molecule has 17 heteroatoms. The molecular weight excluding hydrogens is 671 g/mol. The Morgan fingerprint density at radius 1 is 0.872 bits per heavy atom. The second-order valence-corrected chi connectivity index (χ2v) is 13.6. The van der Waals surface area contributed by atoms with Crippen molar-refractivity contribution in [3.63, 3.8) is 0 Å². The molecular formula is C30H41Cl3N10O4. The van der Waals surface area contributed by atoms with Crippen LogP contribution in [0.5, 0.6) is 0 Å². The average Bonchev–Trinajstić information content (AvgIpc) is 2.96. The van der Waals surface area contributed by atoms with Crippen LogP contribution in [0.3, 0.4) is 0 Å². The standard InChI is InChI=1S/C15H20ClN5O2.C10H20N2O2.C5HCl2N3/c1-15(2,3)23-14(22)19-10-5-4-6-21(9-10)12-8-18-11(7-17)13(16)20-12;1-10(2,3)14-9(13)12-8-5-4-6-11-7-8;6-4-2-9-3(1-8)5(7)10-4/h8,10H,4-6,9H2,1-3H3,(H,19,22);8,11H,4-7H2,1-3H3,(H,12,13);2H. The summed E-state index contributed by atoms with van der Waals surface area (Å²) < 4.78 is 10.4. The largest absolute Gasteiger partial charge is 0.444 e. The second-order valence-electron chi connectivity index (χ2n) is 12.5. The molecule has 3 N–H and O–H groups in total. The summed E-state index contributed by atoms with van der Waals surface area (Å²) in [5.74, 6) is 0.602. The molecule has 2 aromatic heterocycles. The molecule has 2 saturated heterocycles. The van der Waals surface area contributed by atoms with Crippen LogP contribution in [-0.4, -0.2) is 81.6 Å². The Kier molecular flexibility index (Phi) is 15.6. The molecule has 14 nitrogen and oxygen atoms in total. The van der Waals surface area contributed by atoms with E-state index in [0.717, 1.165) is 45.3 Å². The van der Waals surface area contributed by atoms with Gasteiger partial charge in [0.2, 0.25) is 0 Å². The van der Waals surface area contributed by atoms with Gasteiger partial charge in [-0.25, -0.2) is 29.5 Å². The number of amides is 2. The quantitative estimate of drug-likeness (QED) is 0.367. The van der Waals surface area contributed by atoms with E-state index in [2.05, 4.69) is 35.9 Å². The molecule has 0 aromatic carbocycles. The van der Waals surface area contributed by atoms with Crippen LogP contribution < -0.4 is 20.9 Å². The van der Waals surface area contributed by atoms with Crippen LogP contribution in [-0.2, 0) is 9.47 Å². The zero-order valence-corrected chi connectivity index (χ0v) is 29.6. The number of carbonyl (C=O) groups excluding carboxylic acids is 2. The third-order valence-corrected chi connectivity index (χ3v) is 6.82. The van der Waals surface area contributed by atoms with Crippen molar-refractivity contribution >= 4 is 52.8 Å². The van der Waals surface area contributed by atoms with Gasteiger partial charge in [0, 0.05) is 31.7 Å². The highest BCUT2D eigenvalue weighted by molar-refractivity contribution is 6.32. The summed E-state index contributed by atoms with van der Waals surface area (Å²) in [6.07, 6.45) is 5.98. The van der Waals surface area contributed by atoms with Gasteiger partial charge >= 0.3 is 12.2 Å². The molecule has 0 bridgehead atoms. The van der Waals surface area contributed by atoms with Gasteiger partial charge in [-0.1, -0.05) is 34.8 Å². The summed E-state index contributed by atoms with van der Waals surface area (Å²) in [5, 5.41) is 26.4. The highest BCUT2D eigenvalue weighted by Gasteiger charge is 2.25. The predicted octanol–water partition coefficient (Wildman–Crippen LogP) is 5.41. The summed E-state index contributed by atoms with van der Waals surface area (Å²) in [5.41, 5.74) is -0.738. The first-order chi connectivity index (χ1) is 22.0. The number of aromatic nitrogens is 4. The third kappa shape index (κ3) is 15.6. The number of nitrogens with one attached hydrogen (secondary N) is 3. The summed E-state index contributed by atoms with van der Waals surface area (Å²) in [6, 6.07) is 3.83. The number of anilines is 1. The number of rotatable bonds is 3. The smallest absolute Gasteiger partial charge is 0.407 e. The molecule has 0 aliphatic carbocycles. The summed E-state index contributed by atoms with van der Waals surface area (Å²) in [7, 11) is 0. The minimum atomic E-state index is -0.523. The number of carbonyl (C=O) groups is 2. The summed E-state index contributed by atoms with van der Waals surface area (Å²) >= 11 is 16.8. The minimum Gasteiger partial charge on any atom is -0.444 e. The molecule has 2 amide bonds. The average molecular weight is 712 g/mol. The van der Waals surface area contributed by atoms with Crippen LogP contribution >= 0.6 is 34.8 Å². The first-order valence-electron chi connectivity index (χ1n) is 14.9. The number of halogens is 3. The van der Waals surface area contributed by atoms with Crippen LogP contribution in [0, 0.1) is 22.7 Å². The molecule has 4 rings (SSSR count). The first kappa shape index (κ1) is 39.5. The molecule has 47 heavy (non-hydrogen) atoms. The Labute approximate surface area is 290 Å². The fraction of sp³-hybridized carbons (Fsp3) is 0.600. The molecule has 2 aliphatic heterocycles. The van der Waals surface area contributed by atoms with E-state index < -0.39 is 17.3 Å². The van der Waals surface area contributed by atoms with Crippen molar-refractivity contribution in [1.29, 1.82) is 10.5 Å². The highest BCUT2D eigenvalue weighted by atomic mass is 35.5. The zero-order valence-electron chi connectivity index (χ0n) is 27.4. The summed E-state index contributed by atoms with van der Waals surface area (Å²) in [6.45, 7) is 14.4. The van der Waals surface area contributed by atoms with Gasteiger partial charge in [-0.15, -0.1) is 0 Å². The van der Waals surface area contributed by atoms with E-state index in [1.807, 2.05) is 52.5 Å². The second kappa shape index (κ2) is 18.6. The highest BCUT2D eigenvalue weighted by Crippen LogP contribution is 2.21. The molecule has 2 unspecified atom stereocenters. The number of hydrogen-bond acceptors (Lipinski definition) is 12. The Bertz CT molecular complexity index is 1430. The Morgan fingerprint density at radius 2 is 1.40 bits per heavy atom. The van der Waals surface area contributed by atoms with Gasteiger partial charge in [0.15, 0.2) is 21.7 Å². The number of nitriles is 2. The van der Waals surface area contributed by atoms with Crippen molar-refractivity contribution in [1.82, 2.24) is 35.9 Å². The lowest BCUT2D eigenvalue weighted by Gasteiger charge is -2.34. The van der Waals surface area contributed by atoms with Crippen LogP contribution in [0.2, 0.25) is 15.5 Å². The van der Waals surface area contributed by atoms with E-state index in [1.165, 1.54) is 12.4 Å². The van der Waals surface area contributed by atoms with Crippen molar-refractivity contribution in [3.8, 4) is 12.1 Å². The third-order valence-electron chi connectivity index (χ3n) is 6.11. The van der Waals surface area contributed by atoms with E-state index >= 15 is 0 Å². The van der Waals surface area contributed by atoms with E-state index in [1.54, 1.807) is 6.07 Å². The monoisotopic (exact) mass is 710 g/mol. The Hall–Kier alpha value is -3.69. The number of piperidine rings is 2. The molecule has 0 saturated carbocycles. The normalized spacial score (nSPS) is 17.6. The van der Waals surface area contributed by atoms with Gasteiger partial charge in [0.25, 0.3) is 0 Å². The molecule has 4 heterocycles. The molecule has 2 aliphatic rings. The van der Waals surface area contributed by atoms with Crippen molar-refractivity contribution < 1.29 is 19.1 Å². The fourth-order valence-corrected chi connectivity index (χ4v) is 4.77. The van der Waals surface area contributed by atoms with E-state index in [9.17, 15) is 9.59 Å². The molecule has 256 valence electrons. The molecule has 0 spiro atoms. The van der Waals surface area contributed by atoms with E-state index in [-0.39, 0.29) is 45.0 Å². The number of ether oxygens (including phenoxy) is 2. The van der Waals surface area contributed by atoms with Gasteiger partial charge < -0.3 is 30.3 Å². The van der Waals surface area contributed by atoms with Gasteiger partial charge in [-0.05, 0) is 73.8 Å². The van der Waals surface area contributed by atoms with Gasteiger partial charge in [0.1, 0.15) is 34.3 Å². The molecule has 2 atom stereocenters. The van der Waals surface area contributed by atoms with Crippen LogP contribution in [0.1, 0.15) is 78.6 Å². The number of hydrogen-bond donors (Lipinski definition) is 3. The fourth-order valence-electron chi connectivity index (χ4n) is 4.23. The van der Waals surface area contributed by atoms with Gasteiger partial charge in [-0.2, -0.15) is 10.5 Å². The minimum absolute atomic E-state index is 0.0326. The van der Waals surface area contributed by atoms with Gasteiger partial charge in [-0.3, -0.25) is 0 Å². The van der Waals surface area contributed by atoms with Crippen molar-refractivity contribution in [2.45, 2.75) is 90.5 Å². The lowest BCUT2D eigenvalue weighted by Crippen LogP contribution is -2.49. The summed E-state index contributed by atoms with van der Waals surface area (Å²) in [4.78, 5) is 40.6. The molecule has 2 fully saturated rings. The zero-order chi connectivity index (χ0) is 35.2. The van der Waals surface area contributed by atoms with Crippen molar-refractivity contribution in [2.24, 2.45) is 0 Å². The van der Waals surface area contributed by atoms with Crippen LogP contribution in [0.15, 0.2) is 12.4 Å². The van der Waals surface area contributed by atoms with E-state index in [0.29, 0.717) is 12.4 Å².